The third-order valence-electron chi connectivity index (χ3n) is 4.59. The van der Waals surface area contributed by atoms with Gasteiger partial charge in [-0.25, -0.2) is 14.4 Å². The molecule has 0 unspecified atom stereocenters. The molecule has 0 aromatic rings. The first-order valence-corrected chi connectivity index (χ1v) is 11.9. The zero-order chi connectivity index (χ0) is 26.6. The molecule has 2 N–H and O–H groups in total. The van der Waals surface area contributed by atoms with Crippen molar-refractivity contribution in [1.82, 2.24) is 10.6 Å². The van der Waals surface area contributed by atoms with Crippen LogP contribution < -0.4 is 10.6 Å². The number of nitrogens with zero attached hydrogens (tertiary/aromatic N) is 1. The van der Waals surface area contributed by atoms with E-state index in [0.29, 0.717) is 22.8 Å². The number of nitrogens with one attached hydrogen (secondary N) is 2. The van der Waals surface area contributed by atoms with E-state index in [-0.39, 0.29) is 37.8 Å². The summed E-state index contributed by atoms with van der Waals surface area (Å²) in [6.07, 6.45) is 0.208. The highest BCUT2D eigenvalue weighted by atomic mass is 32.2. The van der Waals surface area contributed by atoms with Crippen molar-refractivity contribution in [2.75, 3.05) is 59.7 Å². The van der Waals surface area contributed by atoms with Gasteiger partial charge in [0.2, 0.25) is 5.91 Å². The minimum atomic E-state index is -1.46. The second-order valence-electron chi connectivity index (χ2n) is 9.42. The Morgan fingerprint density at radius 2 is 1.74 bits per heavy atom. The summed E-state index contributed by atoms with van der Waals surface area (Å²) in [5, 5.41) is 4.22. The van der Waals surface area contributed by atoms with Crippen LogP contribution in [0.4, 0.5) is 0 Å². The minimum Gasteiger partial charge on any atom is -0.459 e. The molecule has 2 amide bonds. The van der Waals surface area contributed by atoms with Crippen LogP contribution in [0.15, 0.2) is 12.2 Å². The summed E-state index contributed by atoms with van der Waals surface area (Å²) >= 11 is 0.696. The monoisotopic (exact) mass is 516 g/mol. The Bertz CT molecular complexity index is 850. The molecule has 0 aromatic carbocycles. The van der Waals surface area contributed by atoms with E-state index in [9.17, 15) is 28.8 Å². The van der Waals surface area contributed by atoms with Crippen molar-refractivity contribution in [2.45, 2.75) is 26.4 Å². The first-order valence-electron chi connectivity index (χ1n) is 11.0. The first kappa shape index (κ1) is 30.1. The standard InChI is InChI=1S/C22H33N3O9S/c1-22(2)14-33-20(30)21(31)35-13-10-23-15(26)8-9-24-19(29)18(22)34-17(28)7-6-16(27)32-12-11-25(3,4)5/h6-7,18H,8-14H2,1-5H3,(H-,23,24,26,29)/p+1/b7-6+/t18-/m0/s1. The van der Waals surface area contributed by atoms with Gasteiger partial charge in [-0.3, -0.25) is 14.4 Å². The lowest BCUT2D eigenvalue weighted by Gasteiger charge is -2.31. The Morgan fingerprint density at radius 3 is 2.40 bits per heavy atom. The zero-order valence-electron chi connectivity index (χ0n) is 20.7. The molecule has 35 heavy (non-hydrogen) atoms. The number of hydrogen-bond acceptors (Lipinski definition) is 10. The molecule has 0 saturated carbocycles. The Balaban J connectivity index is 2.90. The van der Waals surface area contributed by atoms with E-state index < -0.39 is 47.1 Å². The topological polar surface area (TPSA) is 154 Å². The van der Waals surface area contributed by atoms with Gasteiger partial charge in [0.05, 0.1) is 21.1 Å². The maximum absolute atomic E-state index is 12.8. The summed E-state index contributed by atoms with van der Waals surface area (Å²) in [7, 11) is 5.79. The molecule has 0 radical (unpaired) electrons. The summed E-state index contributed by atoms with van der Waals surface area (Å²) < 4.78 is 15.9. The van der Waals surface area contributed by atoms with Crippen molar-refractivity contribution in [1.29, 1.82) is 0 Å². The molecule has 12 nitrogen and oxygen atoms in total. The average Bonchev–Trinajstić information content (AvgIpc) is 2.75. The zero-order valence-corrected chi connectivity index (χ0v) is 21.5. The van der Waals surface area contributed by atoms with Crippen LogP contribution in [0, 0.1) is 5.41 Å². The highest BCUT2D eigenvalue weighted by molar-refractivity contribution is 8.15. The smallest absolute Gasteiger partial charge is 0.385 e. The molecule has 0 spiro atoms. The Labute approximate surface area is 208 Å². The second-order valence-corrected chi connectivity index (χ2v) is 10.5. The summed E-state index contributed by atoms with van der Waals surface area (Å²) in [6, 6.07) is 0. The summed E-state index contributed by atoms with van der Waals surface area (Å²) in [5.41, 5.74) is -1.25. The average molecular weight is 517 g/mol. The van der Waals surface area contributed by atoms with E-state index in [1.54, 1.807) is 0 Å². The van der Waals surface area contributed by atoms with Crippen LogP contribution in [0.2, 0.25) is 0 Å². The number of quaternary nitrogens is 1. The Morgan fingerprint density at radius 1 is 1.09 bits per heavy atom. The quantitative estimate of drug-likeness (QED) is 0.150. The predicted octanol–water partition coefficient (Wildman–Crippen LogP) is -0.831. The van der Waals surface area contributed by atoms with E-state index in [4.69, 9.17) is 14.2 Å². The molecule has 1 aliphatic rings. The van der Waals surface area contributed by atoms with Gasteiger partial charge < -0.3 is 29.3 Å². The van der Waals surface area contributed by atoms with Crippen LogP contribution in [0.5, 0.6) is 0 Å². The number of cyclic esters (lactones) is 1. The molecule has 1 aliphatic heterocycles. The lowest BCUT2D eigenvalue weighted by molar-refractivity contribution is -0.870. The van der Waals surface area contributed by atoms with E-state index >= 15 is 0 Å². The van der Waals surface area contributed by atoms with Crippen LogP contribution in [-0.4, -0.2) is 105 Å². The number of ether oxygens (including phenoxy) is 3. The Hall–Kier alpha value is -2.93. The lowest BCUT2D eigenvalue weighted by Crippen LogP contribution is -2.49. The fourth-order valence-electron chi connectivity index (χ4n) is 2.59. The summed E-state index contributed by atoms with van der Waals surface area (Å²) in [5.74, 6) is -3.80. The minimum absolute atomic E-state index is 0.0326. The van der Waals surface area contributed by atoms with Crippen molar-refractivity contribution >= 4 is 46.6 Å². The van der Waals surface area contributed by atoms with Gasteiger partial charge in [-0.2, -0.15) is 0 Å². The number of likely N-dealkylation sites (N-methyl/N-ethyl adjacent to an activating group) is 1. The number of hydrogen-bond donors (Lipinski definition) is 2. The largest absolute Gasteiger partial charge is 0.459 e. The normalized spacial score (nSPS) is 20.7. The van der Waals surface area contributed by atoms with Crippen molar-refractivity contribution in [3.63, 3.8) is 0 Å². The van der Waals surface area contributed by atoms with Gasteiger partial charge in [0.1, 0.15) is 19.8 Å². The van der Waals surface area contributed by atoms with Crippen LogP contribution in [0.25, 0.3) is 0 Å². The maximum Gasteiger partial charge on any atom is 0.385 e. The van der Waals surface area contributed by atoms with Gasteiger partial charge in [0, 0.05) is 42.8 Å². The summed E-state index contributed by atoms with van der Waals surface area (Å²) in [6.45, 7) is 3.44. The van der Waals surface area contributed by atoms with Gasteiger partial charge in [-0.05, 0) is 0 Å². The van der Waals surface area contributed by atoms with Crippen LogP contribution in [-0.2, 0) is 43.0 Å². The van der Waals surface area contributed by atoms with Crippen molar-refractivity contribution in [3.05, 3.63) is 12.2 Å². The van der Waals surface area contributed by atoms with Gasteiger partial charge in [-0.1, -0.05) is 25.6 Å². The molecule has 1 fully saturated rings. The fourth-order valence-corrected chi connectivity index (χ4v) is 3.15. The molecule has 0 aromatic heterocycles. The number of esters is 3. The molecular weight excluding hydrogens is 482 g/mol. The lowest BCUT2D eigenvalue weighted by atomic mass is 9.86. The number of rotatable bonds is 6. The van der Waals surface area contributed by atoms with Crippen LogP contribution >= 0.6 is 11.8 Å². The van der Waals surface area contributed by atoms with E-state index in [1.807, 2.05) is 21.1 Å². The molecule has 1 rings (SSSR count). The van der Waals surface area contributed by atoms with E-state index in [2.05, 4.69) is 10.6 Å². The molecule has 196 valence electrons. The molecule has 0 bridgehead atoms. The van der Waals surface area contributed by atoms with Crippen LogP contribution in [0.3, 0.4) is 0 Å². The fraction of sp³-hybridized carbons (Fsp3) is 0.636. The molecule has 0 aliphatic carbocycles. The molecule has 1 atom stereocenters. The second kappa shape index (κ2) is 13.8. The SMILES string of the molecule is CC1(C)COC(=O)C(=O)SCCNC(=O)CCNC(=O)[C@@H]1OC(=O)/C=C/C(=O)OCC[N+](C)(C)C. The molecule has 13 heteroatoms. The highest BCUT2D eigenvalue weighted by Crippen LogP contribution is 2.25. The molecule has 1 heterocycles. The molecular formula is C22H34N3O9S+. The van der Waals surface area contributed by atoms with Gasteiger partial charge in [-0.15, -0.1) is 0 Å². The van der Waals surface area contributed by atoms with Gasteiger partial charge in [0.25, 0.3) is 11.0 Å². The van der Waals surface area contributed by atoms with E-state index in [1.165, 1.54) is 13.8 Å². The third kappa shape index (κ3) is 12.4. The number of carbonyl (C=O) groups excluding carboxylic acids is 6. The summed E-state index contributed by atoms with van der Waals surface area (Å²) in [4.78, 5) is 72.7. The maximum atomic E-state index is 12.8. The molecule has 1 saturated heterocycles. The van der Waals surface area contributed by atoms with Gasteiger partial charge in [0.15, 0.2) is 6.10 Å². The third-order valence-corrected chi connectivity index (χ3v) is 5.43. The van der Waals surface area contributed by atoms with Crippen LogP contribution in [0.1, 0.15) is 20.3 Å². The first-order chi connectivity index (χ1) is 16.2. The number of amides is 2. The van der Waals surface area contributed by atoms with Crippen molar-refractivity contribution < 1.29 is 47.5 Å². The highest BCUT2D eigenvalue weighted by Gasteiger charge is 2.40. The van der Waals surface area contributed by atoms with Gasteiger partial charge >= 0.3 is 17.9 Å². The number of carbonyl (C=O) groups is 6. The Kier molecular flexibility index (Phi) is 11.9. The van der Waals surface area contributed by atoms with Crippen molar-refractivity contribution in [2.24, 2.45) is 5.41 Å². The van der Waals surface area contributed by atoms with E-state index in [0.717, 1.165) is 12.2 Å². The predicted molar refractivity (Wildman–Crippen MR) is 126 cm³/mol. The van der Waals surface area contributed by atoms with Crippen molar-refractivity contribution in [3.8, 4) is 0 Å². The number of thioether (sulfide) groups is 1.